The Hall–Kier alpha value is -4.41. The van der Waals surface area contributed by atoms with Gasteiger partial charge >= 0.3 is 0 Å². The van der Waals surface area contributed by atoms with Crippen LogP contribution in [0.4, 0.5) is 5.69 Å². The Morgan fingerprint density at radius 2 is 1.52 bits per heavy atom. The highest BCUT2D eigenvalue weighted by atomic mass is 32.2. The van der Waals surface area contributed by atoms with E-state index in [0.29, 0.717) is 29.4 Å². The monoisotopic (exact) mass is 620 g/mol. The van der Waals surface area contributed by atoms with E-state index >= 15 is 0 Å². The predicted octanol–water partition coefficient (Wildman–Crippen LogP) is 7.25. The van der Waals surface area contributed by atoms with Gasteiger partial charge in [0.25, 0.3) is 10.1 Å². The van der Waals surface area contributed by atoms with Crippen LogP contribution in [-0.4, -0.2) is 39.6 Å². The number of carbonyl (C=O) groups is 1. The van der Waals surface area contributed by atoms with Gasteiger partial charge in [-0.3, -0.25) is 8.98 Å². The van der Waals surface area contributed by atoms with Gasteiger partial charge in [-0.05, 0) is 68.4 Å². The largest absolute Gasteiger partial charge is 0.497 e. The molecule has 1 aromatic heterocycles. The zero-order chi connectivity index (χ0) is 32.1. The molecule has 0 saturated heterocycles. The number of aryl methyl sites for hydroxylation is 2. The summed E-state index contributed by atoms with van der Waals surface area (Å²) in [6.45, 7) is 9.71. The lowest BCUT2D eigenvalue weighted by atomic mass is 10.1. The molecule has 0 saturated carbocycles. The number of carbonyl (C=O) groups excluding carboxylic acids is 1. The van der Waals surface area contributed by atoms with Gasteiger partial charge in [-0.1, -0.05) is 49.2 Å². The number of nitrogens with zero attached hydrogens (tertiary/aromatic N) is 2. The Morgan fingerprint density at radius 1 is 0.864 bits per heavy atom. The number of anilines is 1. The van der Waals surface area contributed by atoms with E-state index in [0.717, 1.165) is 16.7 Å². The SMILES string of the molecule is CC.COc1ccc(Oc2ncccc2N(Cc2cc(C)ccc2OCCCOS(=O)(=O)c2ccc(C)cc2)C(C)=O)cc1. The molecular weight excluding hydrogens is 580 g/mol. The Kier molecular flexibility index (Phi) is 12.7. The summed E-state index contributed by atoms with van der Waals surface area (Å²) in [6, 6.07) is 22.8. The second-order valence-corrected chi connectivity index (χ2v) is 11.2. The van der Waals surface area contributed by atoms with Crippen LogP contribution >= 0.6 is 0 Å². The first-order chi connectivity index (χ1) is 21.2. The van der Waals surface area contributed by atoms with Crippen LogP contribution in [-0.2, 0) is 25.6 Å². The maximum absolute atomic E-state index is 12.9. The topological polar surface area (TPSA) is 104 Å². The third-order valence-electron chi connectivity index (χ3n) is 6.33. The number of pyridine rings is 1. The minimum atomic E-state index is -3.85. The smallest absolute Gasteiger partial charge is 0.296 e. The summed E-state index contributed by atoms with van der Waals surface area (Å²) in [4.78, 5) is 18.9. The van der Waals surface area contributed by atoms with Crippen LogP contribution in [0.2, 0.25) is 0 Å². The quantitative estimate of drug-likeness (QED) is 0.114. The summed E-state index contributed by atoms with van der Waals surface area (Å²) in [7, 11) is -2.26. The summed E-state index contributed by atoms with van der Waals surface area (Å²) in [6.07, 6.45) is 1.94. The standard InChI is InChI=1S/C32H34N2O7S.C2H6/c1-23-8-15-29(16-9-23)42(36,37)40-20-6-19-39-31-17-10-24(2)21-26(31)22-34(25(3)35)30-7-5-18-33-32(30)41-28-13-11-27(38-4)12-14-28;1-2/h5,7-18,21H,6,19-20,22H2,1-4H3;1-2H3. The van der Waals surface area contributed by atoms with E-state index in [4.69, 9.17) is 18.4 Å². The van der Waals surface area contributed by atoms with Crippen molar-refractivity contribution in [3.05, 3.63) is 102 Å². The third kappa shape index (κ3) is 9.55. The van der Waals surface area contributed by atoms with Crippen LogP contribution in [0.1, 0.15) is 43.9 Å². The number of benzene rings is 3. The molecule has 0 fully saturated rings. The summed E-state index contributed by atoms with van der Waals surface area (Å²) in [5, 5.41) is 0. The number of hydrogen-bond donors (Lipinski definition) is 0. The van der Waals surface area contributed by atoms with Gasteiger partial charge in [0, 0.05) is 25.1 Å². The number of aromatic nitrogens is 1. The molecule has 0 spiro atoms. The highest BCUT2D eigenvalue weighted by Crippen LogP contribution is 2.33. The van der Waals surface area contributed by atoms with E-state index in [1.807, 2.05) is 45.9 Å². The van der Waals surface area contributed by atoms with Gasteiger partial charge in [-0.15, -0.1) is 0 Å². The van der Waals surface area contributed by atoms with Crippen molar-refractivity contribution in [2.45, 2.75) is 52.5 Å². The zero-order valence-electron chi connectivity index (χ0n) is 26.1. The average Bonchev–Trinajstić information content (AvgIpc) is 3.02. The minimum Gasteiger partial charge on any atom is -0.497 e. The summed E-state index contributed by atoms with van der Waals surface area (Å²) in [5.74, 6) is 1.89. The Balaban J connectivity index is 0.00000259. The maximum atomic E-state index is 12.9. The first-order valence-electron chi connectivity index (χ1n) is 14.4. The molecule has 0 N–H and O–H groups in total. The van der Waals surface area contributed by atoms with Crippen LogP contribution in [0.15, 0.2) is 90.0 Å². The Morgan fingerprint density at radius 3 is 2.18 bits per heavy atom. The van der Waals surface area contributed by atoms with Gasteiger partial charge < -0.3 is 19.1 Å². The van der Waals surface area contributed by atoms with Crippen molar-refractivity contribution in [2.75, 3.05) is 25.2 Å². The number of hydrogen-bond acceptors (Lipinski definition) is 8. The lowest BCUT2D eigenvalue weighted by molar-refractivity contribution is -0.116. The molecule has 10 heteroatoms. The van der Waals surface area contributed by atoms with E-state index in [9.17, 15) is 13.2 Å². The van der Waals surface area contributed by atoms with Gasteiger partial charge in [0.1, 0.15) is 22.9 Å². The highest BCUT2D eigenvalue weighted by molar-refractivity contribution is 7.86. The first kappa shape index (κ1) is 34.1. The molecule has 44 heavy (non-hydrogen) atoms. The fourth-order valence-electron chi connectivity index (χ4n) is 4.11. The molecule has 0 radical (unpaired) electrons. The molecule has 3 aromatic carbocycles. The molecule has 4 aromatic rings. The van der Waals surface area contributed by atoms with Crippen LogP contribution in [0.25, 0.3) is 0 Å². The predicted molar refractivity (Wildman–Crippen MR) is 171 cm³/mol. The van der Waals surface area contributed by atoms with Crippen molar-refractivity contribution in [2.24, 2.45) is 0 Å². The van der Waals surface area contributed by atoms with E-state index in [1.54, 1.807) is 66.7 Å². The highest BCUT2D eigenvalue weighted by Gasteiger charge is 2.21. The molecule has 0 atom stereocenters. The summed E-state index contributed by atoms with van der Waals surface area (Å²) < 4.78 is 47.3. The molecule has 1 amide bonds. The number of rotatable bonds is 13. The van der Waals surface area contributed by atoms with Crippen LogP contribution in [0.3, 0.4) is 0 Å². The van der Waals surface area contributed by atoms with Crippen molar-refractivity contribution in [3.8, 4) is 23.1 Å². The lowest BCUT2D eigenvalue weighted by Crippen LogP contribution is -2.28. The summed E-state index contributed by atoms with van der Waals surface area (Å²) >= 11 is 0. The van der Waals surface area contributed by atoms with Gasteiger partial charge in [-0.2, -0.15) is 8.42 Å². The van der Waals surface area contributed by atoms with Crippen molar-refractivity contribution < 1.29 is 31.6 Å². The van der Waals surface area contributed by atoms with Crippen molar-refractivity contribution >= 4 is 21.7 Å². The number of methoxy groups -OCH3 is 1. The average molecular weight is 621 g/mol. The van der Waals surface area contributed by atoms with Crippen LogP contribution in [0, 0.1) is 13.8 Å². The minimum absolute atomic E-state index is 0.0290. The van der Waals surface area contributed by atoms with Gasteiger partial charge in [0.2, 0.25) is 11.8 Å². The maximum Gasteiger partial charge on any atom is 0.296 e. The Bertz CT molecular complexity index is 1610. The third-order valence-corrected chi connectivity index (χ3v) is 7.66. The van der Waals surface area contributed by atoms with Gasteiger partial charge in [0.15, 0.2) is 0 Å². The van der Waals surface area contributed by atoms with Crippen molar-refractivity contribution in [1.82, 2.24) is 4.98 Å². The number of ether oxygens (including phenoxy) is 3. The van der Waals surface area contributed by atoms with E-state index in [2.05, 4.69) is 4.98 Å². The molecule has 0 aliphatic carbocycles. The molecule has 4 rings (SSSR count). The van der Waals surface area contributed by atoms with Gasteiger partial charge in [-0.25, -0.2) is 4.98 Å². The second-order valence-electron chi connectivity index (χ2n) is 9.61. The van der Waals surface area contributed by atoms with Crippen molar-refractivity contribution in [1.29, 1.82) is 0 Å². The molecule has 0 unspecified atom stereocenters. The molecule has 234 valence electrons. The molecule has 0 bridgehead atoms. The molecule has 0 aliphatic heterocycles. The Labute approximate surface area is 260 Å². The normalized spacial score (nSPS) is 10.8. The van der Waals surface area contributed by atoms with Crippen molar-refractivity contribution in [3.63, 3.8) is 0 Å². The zero-order valence-corrected chi connectivity index (χ0v) is 26.9. The van der Waals surface area contributed by atoms with E-state index in [1.165, 1.54) is 19.1 Å². The molecule has 1 heterocycles. The molecular formula is C34H40N2O7S. The van der Waals surface area contributed by atoms with Crippen LogP contribution in [0.5, 0.6) is 23.1 Å². The molecule has 9 nitrogen and oxygen atoms in total. The summed E-state index contributed by atoms with van der Waals surface area (Å²) in [5.41, 5.74) is 3.24. The fraction of sp³-hybridized carbons (Fsp3) is 0.294. The lowest BCUT2D eigenvalue weighted by Gasteiger charge is -2.24. The molecule has 0 aliphatic rings. The second kappa shape index (κ2) is 16.4. The van der Waals surface area contributed by atoms with E-state index in [-0.39, 0.29) is 36.4 Å². The van der Waals surface area contributed by atoms with Crippen LogP contribution < -0.4 is 19.1 Å². The first-order valence-corrected chi connectivity index (χ1v) is 15.8. The fourth-order valence-corrected chi connectivity index (χ4v) is 5.06. The number of amides is 1. The van der Waals surface area contributed by atoms with Gasteiger partial charge in [0.05, 0.1) is 31.8 Å². The van der Waals surface area contributed by atoms with E-state index < -0.39 is 10.1 Å².